The molecule has 1 aromatic carbocycles. The summed E-state index contributed by atoms with van der Waals surface area (Å²) in [5.74, 6) is 0. The van der Waals surface area contributed by atoms with Crippen molar-refractivity contribution in [2.45, 2.75) is 70.9 Å². The minimum atomic E-state index is 0.397. The normalized spacial score (nSPS) is 20.1. The fraction of sp³-hybridized carbons (Fsp3) is 0.542. The van der Waals surface area contributed by atoms with Crippen LogP contribution in [-0.2, 0) is 6.54 Å². The Balaban J connectivity index is 1.62. The average Bonchev–Trinajstić information content (AvgIpc) is 3.04. The summed E-state index contributed by atoms with van der Waals surface area (Å²) in [5.41, 5.74) is 4.02. The molecule has 0 bridgehead atoms. The van der Waals surface area contributed by atoms with Gasteiger partial charge in [-0.1, -0.05) is 38.0 Å². The largest absolute Gasteiger partial charge is 0.424 e. The molecule has 0 spiro atoms. The van der Waals surface area contributed by atoms with Crippen molar-refractivity contribution < 1.29 is 4.42 Å². The van der Waals surface area contributed by atoms with Crippen molar-refractivity contribution in [2.75, 3.05) is 18.0 Å². The Morgan fingerprint density at radius 3 is 2.39 bits per heavy atom. The van der Waals surface area contributed by atoms with Gasteiger partial charge in [-0.05, 0) is 62.8 Å². The highest BCUT2D eigenvalue weighted by atomic mass is 16.3. The molecule has 2 heterocycles. The van der Waals surface area contributed by atoms with Gasteiger partial charge in [0.25, 0.3) is 5.68 Å². The van der Waals surface area contributed by atoms with E-state index in [0.717, 1.165) is 28.6 Å². The van der Waals surface area contributed by atoms with Crippen molar-refractivity contribution in [3.8, 4) is 0 Å². The molecule has 4 heteroatoms. The van der Waals surface area contributed by atoms with Crippen molar-refractivity contribution in [2.24, 2.45) is 4.99 Å². The highest BCUT2D eigenvalue weighted by Crippen LogP contribution is 2.21. The summed E-state index contributed by atoms with van der Waals surface area (Å²) in [4.78, 5) is 7.40. The van der Waals surface area contributed by atoms with Crippen LogP contribution >= 0.6 is 0 Å². The number of oxazole rings is 1. The predicted octanol–water partition coefficient (Wildman–Crippen LogP) is 3.56. The Hall–Kier alpha value is -2.23. The minimum Gasteiger partial charge on any atom is -0.424 e. The Morgan fingerprint density at radius 1 is 1.04 bits per heavy atom. The van der Waals surface area contributed by atoms with Crippen LogP contribution in [0.5, 0.6) is 0 Å². The number of hydrogen-bond acceptors (Lipinski definition) is 3. The summed E-state index contributed by atoms with van der Waals surface area (Å²) in [6, 6.07) is 9.21. The number of anilines is 1. The summed E-state index contributed by atoms with van der Waals surface area (Å²) in [5, 5.41) is 0.914. The van der Waals surface area contributed by atoms with E-state index in [-0.39, 0.29) is 0 Å². The summed E-state index contributed by atoms with van der Waals surface area (Å²) in [6.07, 6.45) is 12.3. The fourth-order valence-corrected chi connectivity index (χ4v) is 4.45. The second-order valence-corrected chi connectivity index (χ2v) is 8.14. The molecule has 4 rings (SSSR count). The van der Waals surface area contributed by atoms with Crippen LogP contribution in [0.1, 0.15) is 63.9 Å². The molecule has 1 aliphatic heterocycles. The van der Waals surface area contributed by atoms with Crippen LogP contribution in [0.2, 0.25) is 0 Å². The van der Waals surface area contributed by atoms with E-state index in [1.165, 1.54) is 70.1 Å². The van der Waals surface area contributed by atoms with Gasteiger partial charge in [0, 0.05) is 25.3 Å². The van der Waals surface area contributed by atoms with Gasteiger partial charge in [0.2, 0.25) is 0 Å². The van der Waals surface area contributed by atoms with E-state index in [1.54, 1.807) is 0 Å². The van der Waals surface area contributed by atoms with Gasteiger partial charge >= 0.3 is 0 Å². The Morgan fingerprint density at radius 2 is 1.71 bits per heavy atom. The molecule has 0 N–H and O–H groups in total. The lowest BCUT2D eigenvalue weighted by molar-refractivity contribution is 0.386. The third-order valence-corrected chi connectivity index (χ3v) is 6.14. The third-order valence-electron chi connectivity index (χ3n) is 6.14. The molecule has 150 valence electrons. The summed E-state index contributed by atoms with van der Waals surface area (Å²) in [6.45, 7) is 9.56. The van der Waals surface area contributed by atoms with Crippen molar-refractivity contribution in [1.82, 2.24) is 4.57 Å². The predicted molar refractivity (Wildman–Crippen MR) is 116 cm³/mol. The van der Waals surface area contributed by atoms with Gasteiger partial charge < -0.3 is 9.32 Å². The lowest BCUT2D eigenvalue weighted by Crippen LogP contribution is -2.31. The molecular formula is C24H33N3O. The SMILES string of the molecule is C=c1/c(=C\c2ccc(N3CCCCC3)cc2)o/c(=N/C2CCCCC2)n1CC. The molecule has 0 atom stereocenters. The quantitative estimate of drug-likeness (QED) is 0.814. The van der Waals surface area contributed by atoms with Crippen molar-refractivity contribution in [3.05, 3.63) is 46.3 Å². The molecule has 2 aliphatic rings. The van der Waals surface area contributed by atoms with E-state index in [2.05, 4.69) is 53.3 Å². The number of nitrogens with zero attached hydrogens (tertiary/aromatic N) is 3. The van der Waals surface area contributed by atoms with E-state index in [1.807, 2.05) is 0 Å². The highest BCUT2D eigenvalue weighted by Gasteiger charge is 2.13. The standard InChI is InChI=1S/C24H33N3O/c1-3-27-19(2)23(28-24(27)25-21-10-6-4-7-11-21)18-20-12-14-22(15-13-20)26-16-8-5-9-17-26/h12-15,18,21H,2-11,16-17H2,1H3/b23-18+,25-24+. The van der Waals surface area contributed by atoms with Crippen LogP contribution in [-0.4, -0.2) is 23.7 Å². The highest BCUT2D eigenvalue weighted by molar-refractivity contribution is 5.55. The van der Waals surface area contributed by atoms with Gasteiger partial charge in [0.05, 0.1) is 11.4 Å². The van der Waals surface area contributed by atoms with Crippen LogP contribution < -0.4 is 21.3 Å². The maximum Gasteiger partial charge on any atom is 0.297 e. The van der Waals surface area contributed by atoms with Gasteiger partial charge in [0.15, 0.2) is 5.42 Å². The van der Waals surface area contributed by atoms with Crippen LogP contribution in [0.15, 0.2) is 33.7 Å². The van der Waals surface area contributed by atoms with E-state index >= 15 is 0 Å². The molecule has 0 unspecified atom stereocenters. The molecule has 1 saturated heterocycles. The molecule has 28 heavy (non-hydrogen) atoms. The minimum absolute atomic E-state index is 0.397. The lowest BCUT2D eigenvalue weighted by Gasteiger charge is -2.28. The molecular weight excluding hydrogens is 346 g/mol. The second-order valence-electron chi connectivity index (χ2n) is 8.14. The Kier molecular flexibility index (Phi) is 6.04. The van der Waals surface area contributed by atoms with E-state index in [0.29, 0.717) is 6.04 Å². The summed E-state index contributed by atoms with van der Waals surface area (Å²) < 4.78 is 8.26. The smallest absolute Gasteiger partial charge is 0.297 e. The molecule has 1 aliphatic carbocycles. The van der Waals surface area contributed by atoms with Gasteiger partial charge in [-0.3, -0.25) is 4.57 Å². The van der Waals surface area contributed by atoms with Gasteiger partial charge in [0.1, 0.15) is 0 Å². The van der Waals surface area contributed by atoms with Gasteiger partial charge in [-0.15, -0.1) is 0 Å². The van der Waals surface area contributed by atoms with Crippen LogP contribution in [0.25, 0.3) is 12.7 Å². The van der Waals surface area contributed by atoms with E-state index in [4.69, 9.17) is 9.41 Å². The average molecular weight is 380 g/mol. The van der Waals surface area contributed by atoms with Crippen LogP contribution in [0, 0.1) is 0 Å². The number of aromatic nitrogens is 1. The lowest BCUT2D eigenvalue weighted by atomic mass is 9.96. The summed E-state index contributed by atoms with van der Waals surface area (Å²) >= 11 is 0. The number of hydrogen-bond donors (Lipinski definition) is 0. The first kappa shape index (κ1) is 19.1. The molecule has 4 nitrogen and oxygen atoms in total. The molecule has 1 saturated carbocycles. The fourth-order valence-electron chi connectivity index (χ4n) is 4.45. The van der Waals surface area contributed by atoms with Gasteiger partial charge in [-0.25, -0.2) is 4.99 Å². The zero-order chi connectivity index (χ0) is 19.3. The molecule has 2 fully saturated rings. The molecule has 2 aromatic rings. The molecule has 0 amide bonds. The molecule has 1 aromatic heterocycles. The van der Waals surface area contributed by atoms with Crippen molar-refractivity contribution in [1.29, 1.82) is 0 Å². The zero-order valence-electron chi connectivity index (χ0n) is 17.2. The Labute approximate surface area is 167 Å². The molecule has 0 radical (unpaired) electrons. The second kappa shape index (κ2) is 8.85. The number of piperidine rings is 1. The monoisotopic (exact) mass is 379 g/mol. The number of rotatable bonds is 4. The van der Waals surface area contributed by atoms with Crippen molar-refractivity contribution in [3.63, 3.8) is 0 Å². The van der Waals surface area contributed by atoms with E-state index < -0.39 is 0 Å². The van der Waals surface area contributed by atoms with Crippen LogP contribution in [0.4, 0.5) is 5.69 Å². The first-order valence-corrected chi connectivity index (χ1v) is 11.0. The Bertz CT molecular complexity index is 939. The first-order valence-electron chi connectivity index (χ1n) is 11.0. The maximum atomic E-state index is 6.16. The topological polar surface area (TPSA) is 33.7 Å². The van der Waals surface area contributed by atoms with Crippen molar-refractivity contribution >= 4 is 18.3 Å². The summed E-state index contributed by atoms with van der Waals surface area (Å²) in [7, 11) is 0. The third kappa shape index (κ3) is 4.26. The first-order chi connectivity index (χ1) is 13.7. The maximum absolute atomic E-state index is 6.16. The number of benzene rings is 1. The van der Waals surface area contributed by atoms with Gasteiger partial charge in [-0.2, -0.15) is 0 Å². The zero-order valence-corrected chi connectivity index (χ0v) is 17.2. The van der Waals surface area contributed by atoms with Crippen LogP contribution in [0.3, 0.4) is 0 Å². The van der Waals surface area contributed by atoms with E-state index in [9.17, 15) is 0 Å².